The van der Waals surface area contributed by atoms with Gasteiger partial charge in [-0.3, -0.25) is 0 Å². The molecule has 0 radical (unpaired) electrons. The van der Waals surface area contributed by atoms with E-state index in [1.807, 2.05) is 12.3 Å². The van der Waals surface area contributed by atoms with Crippen molar-refractivity contribution in [3.05, 3.63) is 6.07 Å². The lowest BCUT2D eigenvalue weighted by atomic mass is 10.1. The smallest absolute Gasteiger partial charge is 0.191 e. The van der Waals surface area contributed by atoms with E-state index in [0.717, 1.165) is 11.0 Å². The molecule has 5 heteroatoms. The van der Waals surface area contributed by atoms with Crippen LogP contribution in [0, 0.1) is 0 Å². The number of nitrogen functional groups attached to an aromatic ring is 1. The van der Waals surface area contributed by atoms with Crippen molar-refractivity contribution < 1.29 is 0 Å². The van der Waals surface area contributed by atoms with Crippen molar-refractivity contribution in [1.29, 1.82) is 0 Å². The van der Waals surface area contributed by atoms with Crippen LogP contribution in [0.25, 0.3) is 0 Å². The number of nitrogens with zero attached hydrogens (tertiary/aromatic N) is 3. The Morgan fingerprint density at radius 2 is 1.89 bits per heavy atom. The predicted octanol–water partition coefficient (Wildman–Crippen LogP) is 2.94. The molecule has 0 amide bonds. The minimum Gasteiger partial charge on any atom is -0.383 e. The molecule has 0 aliphatic heterocycles. The molecule has 2 N–H and O–H groups in total. The molecule has 1 aliphatic rings. The van der Waals surface area contributed by atoms with E-state index in [-0.39, 0.29) is 0 Å². The Kier molecular flexibility index (Phi) is 4.69. The van der Waals surface area contributed by atoms with Crippen molar-refractivity contribution in [3.8, 4) is 0 Å². The first-order valence-corrected chi connectivity index (χ1v) is 7.84. The maximum Gasteiger partial charge on any atom is 0.191 e. The summed E-state index contributed by atoms with van der Waals surface area (Å²) in [7, 11) is 2.13. The fourth-order valence-corrected chi connectivity index (χ4v) is 2.92. The van der Waals surface area contributed by atoms with Crippen LogP contribution in [-0.4, -0.2) is 29.3 Å². The summed E-state index contributed by atoms with van der Waals surface area (Å²) in [6.45, 7) is 0. The summed E-state index contributed by atoms with van der Waals surface area (Å²) in [5.41, 5.74) is 5.84. The summed E-state index contributed by atoms with van der Waals surface area (Å²) in [5.74, 6) is 1.52. The van der Waals surface area contributed by atoms with Crippen LogP contribution in [0.4, 0.5) is 11.6 Å². The van der Waals surface area contributed by atoms with Gasteiger partial charge in [-0.1, -0.05) is 37.4 Å². The van der Waals surface area contributed by atoms with E-state index < -0.39 is 0 Å². The minimum absolute atomic E-state index is 0.560. The molecule has 0 saturated heterocycles. The molecule has 0 unspecified atom stereocenters. The minimum atomic E-state index is 0.560. The number of rotatable bonds is 3. The Balaban J connectivity index is 2.15. The van der Waals surface area contributed by atoms with Crippen molar-refractivity contribution in [2.24, 2.45) is 0 Å². The Morgan fingerprint density at radius 1 is 1.22 bits per heavy atom. The highest BCUT2D eigenvalue weighted by Crippen LogP contribution is 2.26. The maximum absolute atomic E-state index is 5.84. The SMILES string of the molecule is CSc1nc(N)cc(N(C)C2CCCCCC2)n1. The molecule has 18 heavy (non-hydrogen) atoms. The zero-order valence-corrected chi connectivity index (χ0v) is 12.0. The number of anilines is 2. The van der Waals surface area contributed by atoms with Crippen LogP contribution in [0.2, 0.25) is 0 Å². The number of nitrogens with two attached hydrogens (primary N) is 1. The average Bonchev–Trinajstić information content (AvgIpc) is 2.65. The summed E-state index contributed by atoms with van der Waals surface area (Å²) >= 11 is 1.54. The second-order valence-electron chi connectivity index (χ2n) is 4.89. The third-order valence-electron chi connectivity index (χ3n) is 3.63. The topological polar surface area (TPSA) is 55.0 Å². The van der Waals surface area contributed by atoms with Gasteiger partial charge in [-0.25, -0.2) is 9.97 Å². The molecule has 1 saturated carbocycles. The van der Waals surface area contributed by atoms with E-state index in [1.165, 1.54) is 50.3 Å². The Labute approximate surface area is 113 Å². The third kappa shape index (κ3) is 3.28. The molecule has 1 aromatic rings. The fourth-order valence-electron chi connectivity index (χ4n) is 2.53. The van der Waals surface area contributed by atoms with Crippen molar-refractivity contribution >= 4 is 23.4 Å². The van der Waals surface area contributed by atoms with Gasteiger partial charge in [-0.05, 0) is 19.1 Å². The van der Waals surface area contributed by atoms with Crippen LogP contribution in [0.5, 0.6) is 0 Å². The normalized spacial score (nSPS) is 17.4. The molecule has 1 aliphatic carbocycles. The highest BCUT2D eigenvalue weighted by Gasteiger charge is 2.19. The number of hydrogen-bond donors (Lipinski definition) is 1. The Hall–Kier alpha value is -0.970. The summed E-state index contributed by atoms with van der Waals surface area (Å²) in [6.07, 6.45) is 9.88. The Bertz CT molecular complexity index is 389. The Morgan fingerprint density at radius 3 is 2.50 bits per heavy atom. The zero-order valence-electron chi connectivity index (χ0n) is 11.2. The number of hydrogen-bond acceptors (Lipinski definition) is 5. The highest BCUT2D eigenvalue weighted by atomic mass is 32.2. The van der Waals surface area contributed by atoms with Gasteiger partial charge < -0.3 is 10.6 Å². The zero-order chi connectivity index (χ0) is 13.0. The van der Waals surface area contributed by atoms with Crippen molar-refractivity contribution in [1.82, 2.24) is 9.97 Å². The largest absolute Gasteiger partial charge is 0.383 e. The van der Waals surface area contributed by atoms with Crippen LogP contribution in [0.3, 0.4) is 0 Å². The molecule has 0 aromatic carbocycles. The van der Waals surface area contributed by atoms with Gasteiger partial charge in [0.05, 0.1) is 0 Å². The van der Waals surface area contributed by atoms with E-state index in [9.17, 15) is 0 Å². The van der Waals surface area contributed by atoms with Gasteiger partial charge in [-0.2, -0.15) is 0 Å². The molecule has 100 valence electrons. The van der Waals surface area contributed by atoms with Crippen molar-refractivity contribution in [2.45, 2.75) is 49.7 Å². The first kappa shape index (κ1) is 13.5. The monoisotopic (exact) mass is 266 g/mol. The summed E-state index contributed by atoms with van der Waals surface area (Å²) in [5, 5.41) is 0.755. The van der Waals surface area contributed by atoms with Crippen LogP contribution >= 0.6 is 11.8 Å². The quantitative estimate of drug-likeness (QED) is 0.518. The third-order valence-corrected chi connectivity index (χ3v) is 4.18. The summed E-state index contributed by atoms with van der Waals surface area (Å²) in [6, 6.07) is 2.47. The number of thioether (sulfide) groups is 1. The lowest BCUT2D eigenvalue weighted by molar-refractivity contribution is 0.547. The van der Waals surface area contributed by atoms with Gasteiger partial charge in [0.1, 0.15) is 11.6 Å². The first-order valence-electron chi connectivity index (χ1n) is 6.62. The molecular formula is C13H22N4S. The van der Waals surface area contributed by atoms with E-state index in [1.54, 1.807) is 0 Å². The van der Waals surface area contributed by atoms with E-state index in [4.69, 9.17) is 5.73 Å². The van der Waals surface area contributed by atoms with Crippen LogP contribution < -0.4 is 10.6 Å². The molecule has 4 nitrogen and oxygen atoms in total. The van der Waals surface area contributed by atoms with Gasteiger partial charge in [0.25, 0.3) is 0 Å². The van der Waals surface area contributed by atoms with Gasteiger partial charge in [0.15, 0.2) is 5.16 Å². The molecule has 1 fully saturated rings. The molecule has 2 rings (SSSR count). The van der Waals surface area contributed by atoms with Crippen molar-refractivity contribution in [3.63, 3.8) is 0 Å². The predicted molar refractivity (Wildman–Crippen MR) is 78.1 cm³/mol. The molecule has 0 bridgehead atoms. The van der Waals surface area contributed by atoms with Crippen molar-refractivity contribution in [2.75, 3.05) is 23.9 Å². The standard InChI is InChI=1S/C13H22N4S/c1-17(10-7-5-3-4-6-8-10)12-9-11(14)15-13(16-12)18-2/h9-10H,3-8H2,1-2H3,(H2,14,15,16). The molecule has 0 spiro atoms. The second kappa shape index (κ2) is 6.27. The molecule has 0 atom stereocenters. The van der Waals surface area contributed by atoms with E-state index in [2.05, 4.69) is 21.9 Å². The summed E-state index contributed by atoms with van der Waals surface area (Å²) < 4.78 is 0. The molecular weight excluding hydrogens is 244 g/mol. The summed E-state index contributed by atoms with van der Waals surface area (Å²) in [4.78, 5) is 11.0. The van der Waals surface area contributed by atoms with E-state index >= 15 is 0 Å². The van der Waals surface area contributed by atoms with Gasteiger partial charge >= 0.3 is 0 Å². The lowest BCUT2D eigenvalue weighted by Crippen LogP contribution is -2.32. The second-order valence-corrected chi connectivity index (χ2v) is 5.67. The van der Waals surface area contributed by atoms with Gasteiger partial charge in [0.2, 0.25) is 0 Å². The molecule has 1 heterocycles. The van der Waals surface area contributed by atoms with E-state index in [0.29, 0.717) is 11.9 Å². The maximum atomic E-state index is 5.84. The van der Waals surface area contributed by atoms with Crippen LogP contribution in [0.1, 0.15) is 38.5 Å². The molecule has 1 aromatic heterocycles. The van der Waals surface area contributed by atoms with Crippen LogP contribution in [-0.2, 0) is 0 Å². The first-order chi connectivity index (χ1) is 8.70. The lowest BCUT2D eigenvalue weighted by Gasteiger charge is -2.28. The highest BCUT2D eigenvalue weighted by molar-refractivity contribution is 7.98. The van der Waals surface area contributed by atoms with Gasteiger partial charge in [-0.15, -0.1) is 0 Å². The fraction of sp³-hybridized carbons (Fsp3) is 0.692. The average molecular weight is 266 g/mol. The van der Waals surface area contributed by atoms with Gasteiger partial charge in [0, 0.05) is 19.2 Å². The number of aromatic nitrogens is 2. The van der Waals surface area contributed by atoms with Crippen LogP contribution in [0.15, 0.2) is 11.2 Å².